The third kappa shape index (κ3) is 6.98. The number of para-hydroxylation sites is 1. The van der Waals surface area contributed by atoms with Crippen molar-refractivity contribution in [2.45, 2.75) is 70.9 Å². The number of hydrogen-bond acceptors (Lipinski definition) is 7. The van der Waals surface area contributed by atoms with Crippen LogP contribution in [0, 0.1) is 0 Å². The van der Waals surface area contributed by atoms with E-state index in [-0.39, 0.29) is 39.4 Å². The molecule has 10 nitrogen and oxygen atoms in total. The number of carbonyl (C=O) groups is 5. The van der Waals surface area contributed by atoms with Crippen molar-refractivity contribution in [3.05, 3.63) is 214 Å². The highest BCUT2D eigenvalue weighted by Gasteiger charge is 2.53. The number of carbonyl (C=O) groups excluding carboxylic acids is 5. The van der Waals surface area contributed by atoms with Crippen molar-refractivity contribution in [2.75, 3.05) is 14.7 Å². The predicted molar refractivity (Wildman–Crippen MR) is 262 cm³/mol. The summed E-state index contributed by atoms with van der Waals surface area (Å²) in [4.78, 5) is 74.1. The maximum absolute atomic E-state index is 14.6. The average molecular weight is 900 g/mol. The van der Waals surface area contributed by atoms with Gasteiger partial charge in [0.25, 0.3) is 29.5 Å². The topological polar surface area (TPSA) is 114 Å². The molecular weight excluding hydrogens is 851 g/mol. The van der Waals surface area contributed by atoms with E-state index in [2.05, 4.69) is 41.5 Å². The average Bonchev–Trinajstić information content (AvgIpc) is 3.88. The van der Waals surface area contributed by atoms with Gasteiger partial charge in [0.15, 0.2) is 0 Å². The first-order valence-corrected chi connectivity index (χ1v) is 22.9. The molecule has 0 saturated carbocycles. The molecule has 0 aliphatic carbocycles. The minimum Gasteiger partial charge on any atom is -0.488 e. The smallest absolute Gasteiger partial charge is 0.266 e. The van der Waals surface area contributed by atoms with Gasteiger partial charge in [-0.2, -0.15) is 0 Å². The lowest BCUT2D eigenvalue weighted by Gasteiger charge is -2.40. The van der Waals surface area contributed by atoms with E-state index in [1.54, 1.807) is 48.5 Å². The van der Waals surface area contributed by atoms with Crippen LogP contribution < -0.4 is 24.2 Å². The van der Waals surface area contributed by atoms with Crippen molar-refractivity contribution < 1.29 is 33.4 Å². The lowest BCUT2D eigenvalue weighted by atomic mass is 9.76. The molecule has 0 radical (unpaired) electrons. The molecule has 338 valence electrons. The summed E-state index contributed by atoms with van der Waals surface area (Å²) in [5.74, 6) is -0.662. The Kier molecular flexibility index (Phi) is 10.5. The maximum Gasteiger partial charge on any atom is 0.266 e. The minimum absolute atomic E-state index is 0.133. The molecule has 0 bridgehead atoms. The molecule has 1 unspecified atom stereocenters. The highest BCUT2D eigenvalue weighted by Crippen LogP contribution is 2.52. The van der Waals surface area contributed by atoms with Gasteiger partial charge in [-0.1, -0.05) is 100 Å². The number of benzene rings is 7. The Balaban J connectivity index is 0.947. The summed E-state index contributed by atoms with van der Waals surface area (Å²) in [5, 5.41) is 0. The molecule has 68 heavy (non-hydrogen) atoms. The summed E-state index contributed by atoms with van der Waals surface area (Å²) in [7, 11) is 0. The first-order valence-electron chi connectivity index (χ1n) is 22.9. The number of imide groups is 2. The second-order valence-corrected chi connectivity index (χ2v) is 18.7. The number of anilines is 3. The number of nitrogens with zero attached hydrogens (tertiary/aromatic N) is 3. The molecule has 0 N–H and O–H groups in total. The Bertz CT molecular complexity index is 3210. The Hall–Kier alpha value is -8.11. The Morgan fingerprint density at radius 1 is 0.441 bits per heavy atom. The fourth-order valence-corrected chi connectivity index (χ4v) is 9.45. The zero-order valence-corrected chi connectivity index (χ0v) is 38.7. The monoisotopic (exact) mass is 899 g/mol. The molecule has 1 atom stereocenters. The van der Waals surface area contributed by atoms with Crippen LogP contribution in [0.2, 0.25) is 0 Å². The summed E-state index contributed by atoms with van der Waals surface area (Å²) >= 11 is 0. The van der Waals surface area contributed by atoms with Crippen molar-refractivity contribution >= 4 is 46.6 Å². The molecule has 7 aromatic rings. The van der Waals surface area contributed by atoms with E-state index in [1.807, 2.05) is 114 Å². The number of amides is 5. The molecule has 5 amide bonds. The van der Waals surface area contributed by atoms with Crippen LogP contribution in [0.15, 0.2) is 164 Å². The van der Waals surface area contributed by atoms with Gasteiger partial charge in [0.2, 0.25) is 0 Å². The van der Waals surface area contributed by atoms with Gasteiger partial charge < -0.3 is 9.47 Å². The van der Waals surface area contributed by atoms with Crippen LogP contribution >= 0.6 is 0 Å². The van der Waals surface area contributed by atoms with Crippen molar-refractivity contribution in [3.8, 4) is 17.2 Å². The van der Waals surface area contributed by atoms with Gasteiger partial charge in [-0.15, -0.1) is 0 Å². The van der Waals surface area contributed by atoms with Crippen molar-refractivity contribution in [1.29, 1.82) is 0 Å². The van der Waals surface area contributed by atoms with Crippen LogP contribution in [0.4, 0.5) is 17.1 Å². The summed E-state index contributed by atoms with van der Waals surface area (Å²) in [5.41, 5.74) is 4.58. The number of ether oxygens (including phenoxy) is 2. The third-order valence-electron chi connectivity index (χ3n) is 13.9. The summed E-state index contributed by atoms with van der Waals surface area (Å²) in [6.45, 7) is 12.4. The van der Waals surface area contributed by atoms with Crippen LogP contribution in [0.1, 0.15) is 128 Å². The largest absolute Gasteiger partial charge is 0.488 e. The summed E-state index contributed by atoms with van der Waals surface area (Å²) in [6, 6.07) is 49.3. The molecule has 0 saturated heterocycles. The van der Waals surface area contributed by atoms with E-state index in [0.29, 0.717) is 28.2 Å². The van der Waals surface area contributed by atoms with Crippen LogP contribution in [0.25, 0.3) is 0 Å². The van der Waals surface area contributed by atoms with E-state index in [9.17, 15) is 24.0 Å². The normalized spacial score (nSPS) is 16.6. The van der Waals surface area contributed by atoms with Crippen LogP contribution in [-0.2, 0) is 11.0 Å². The van der Waals surface area contributed by atoms with Crippen molar-refractivity contribution in [1.82, 2.24) is 0 Å². The molecule has 3 aliphatic heterocycles. The second kappa shape index (κ2) is 16.3. The highest BCUT2D eigenvalue weighted by molar-refractivity contribution is 6.36. The molecule has 10 heteroatoms. The Labute approximate surface area is 395 Å². The van der Waals surface area contributed by atoms with E-state index >= 15 is 0 Å². The highest BCUT2D eigenvalue weighted by atomic mass is 16.5. The lowest BCUT2D eigenvalue weighted by Crippen LogP contribution is -2.46. The van der Waals surface area contributed by atoms with Gasteiger partial charge in [0, 0.05) is 11.3 Å². The molecule has 3 aliphatic rings. The molecule has 7 aromatic carbocycles. The van der Waals surface area contributed by atoms with Gasteiger partial charge in [0.1, 0.15) is 28.4 Å². The van der Waals surface area contributed by atoms with Gasteiger partial charge in [-0.25, -0.2) is 9.80 Å². The number of rotatable bonds is 12. The van der Waals surface area contributed by atoms with E-state index in [1.165, 1.54) is 6.07 Å². The number of hydrogen-bond donors (Lipinski definition) is 0. The summed E-state index contributed by atoms with van der Waals surface area (Å²) in [6.07, 6.45) is 1.67. The van der Waals surface area contributed by atoms with E-state index in [0.717, 1.165) is 56.3 Å². The minimum atomic E-state index is -1.08. The third-order valence-corrected chi connectivity index (χ3v) is 13.9. The molecule has 0 aromatic heterocycles. The molecule has 0 spiro atoms. The zero-order valence-electron chi connectivity index (χ0n) is 38.7. The van der Waals surface area contributed by atoms with E-state index in [4.69, 9.17) is 9.47 Å². The second-order valence-electron chi connectivity index (χ2n) is 18.7. The Morgan fingerprint density at radius 2 is 0.956 bits per heavy atom. The quantitative estimate of drug-likeness (QED) is 0.112. The molecule has 3 heterocycles. The van der Waals surface area contributed by atoms with Crippen molar-refractivity contribution in [3.63, 3.8) is 0 Å². The maximum atomic E-state index is 14.6. The van der Waals surface area contributed by atoms with Gasteiger partial charge in [0.05, 0.1) is 33.6 Å². The summed E-state index contributed by atoms with van der Waals surface area (Å²) < 4.78 is 12.7. The van der Waals surface area contributed by atoms with Crippen LogP contribution in [0.5, 0.6) is 17.2 Å². The predicted octanol–water partition coefficient (Wildman–Crippen LogP) is 12.3. The number of fused-ring (bicyclic) bond motifs is 3. The lowest BCUT2D eigenvalue weighted by molar-refractivity contribution is 0.0912. The van der Waals surface area contributed by atoms with Gasteiger partial charge in [-0.3, -0.25) is 28.9 Å². The zero-order chi connectivity index (χ0) is 47.7. The molecular formula is C58H49N3O7. The van der Waals surface area contributed by atoms with Crippen LogP contribution in [0.3, 0.4) is 0 Å². The molecule has 10 rings (SSSR count). The fraction of sp³-hybridized carbons (Fsp3) is 0.190. The SMILES string of the molecule is CCC(C)(C)Oc1ccc(C2(c3ccc(Oc4ccc5c(c4)C(=O)N(c4cccc(N6C(=O)c7ccc(C(C)(C)CC)cc7C6=O)c4)C5=O)cc3)c3ccccc3C(=O)N2c2ccccc2)cc1. The first kappa shape index (κ1) is 43.8. The molecule has 0 fully saturated rings. The van der Waals surface area contributed by atoms with Crippen LogP contribution in [-0.4, -0.2) is 35.1 Å². The Morgan fingerprint density at radius 3 is 1.56 bits per heavy atom. The first-order chi connectivity index (χ1) is 32.7. The van der Waals surface area contributed by atoms with Gasteiger partial charge >= 0.3 is 0 Å². The fourth-order valence-electron chi connectivity index (χ4n) is 9.45. The van der Waals surface area contributed by atoms with Gasteiger partial charge in [-0.05, 0) is 145 Å². The standard InChI is InChI=1S/C58H49N3O7/c1-7-56(3,4)38-25-31-45-48(33-38)53(64)59(51(45)62)40-17-14-18-41(34-40)60-52(63)46-32-30-44(35-49(46)54(60)65)67-42-26-21-36(22-27-42)58(37-23-28-43(29-24-37)68-57(5,6)8-2)50-20-13-12-19-47(50)55(66)61(58)39-15-10-9-11-16-39/h9-35H,7-8H2,1-6H3. The van der Waals surface area contributed by atoms with Crippen molar-refractivity contribution in [2.24, 2.45) is 0 Å². The van der Waals surface area contributed by atoms with E-state index < -0.39 is 29.2 Å².